The molecule has 0 radical (unpaired) electrons. The number of fused-ring (bicyclic) bond motifs is 1. The molecule has 198 valence electrons. The number of carbonyl (C=O) groups excluding carboxylic acids is 2. The Labute approximate surface area is 213 Å². The van der Waals surface area contributed by atoms with E-state index in [-0.39, 0.29) is 23.8 Å². The van der Waals surface area contributed by atoms with Gasteiger partial charge < -0.3 is 24.8 Å². The van der Waals surface area contributed by atoms with E-state index in [0.29, 0.717) is 55.8 Å². The van der Waals surface area contributed by atoms with E-state index in [0.717, 1.165) is 24.2 Å². The zero-order chi connectivity index (χ0) is 26.3. The summed E-state index contributed by atoms with van der Waals surface area (Å²) in [5, 5.41) is 18.4. The summed E-state index contributed by atoms with van der Waals surface area (Å²) in [5.74, 6) is -0.170. The molecule has 9 nitrogen and oxygen atoms in total. The van der Waals surface area contributed by atoms with Crippen molar-refractivity contribution in [1.82, 2.24) is 20.0 Å². The van der Waals surface area contributed by atoms with Crippen LogP contribution < -0.4 is 5.32 Å². The molecule has 9 heteroatoms. The van der Waals surface area contributed by atoms with Crippen molar-refractivity contribution in [3.05, 3.63) is 52.3 Å². The van der Waals surface area contributed by atoms with Gasteiger partial charge in [-0.15, -0.1) is 0 Å². The molecule has 1 aliphatic rings. The predicted octanol–water partition coefficient (Wildman–Crippen LogP) is 2.96. The number of hydrogen-bond donors (Lipinski definition) is 2. The van der Waals surface area contributed by atoms with Crippen molar-refractivity contribution in [3.63, 3.8) is 0 Å². The predicted molar refractivity (Wildman–Crippen MR) is 137 cm³/mol. The molecular weight excluding hydrogens is 460 g/mol. The lowest BCUT2D eigenvalue weighted by molar-refractivity contribution is -0.127. The number of nitrogens with zero attached hydrogens (tertiary/aromatic N) is 3. The molecule has 1 atom stereocenters. The van der Waals surface area contributed by atoms with Gasteiger partial charge >= 0.3 is 0 Å². The molecule has 0 fully saturated rings. The first kappa shape index (κ1) is 27.8. The van der Waals surface area contributed by atoms with Crippen molar-refractivity contribution < 1.29 is 24.2 Å². The summed E-state index contributed by atoms with van der Waals surface area (Å²) in [4.78, 5) is 26.6. The fourth-order valence-electron chi connectivity index (χ4n) is 4.25. The maximum Gasteiger partial charge on any atom is 0.255 e. The molecule has 1 aromatic heterocycles. The first-order valence-corrected chi connectivity index (χ1v) is 12.7. The summed E-state index contributed by atoms with van der Waals surface area (Å²) in [7, 11) is 3.40. The number of hydrogen-bond acceptors (Lipinski definition) is 6. The van der Waals surface area contributed by atoms with Crippen LogP contribution >= 0.6 is 0 Å². The Hall–Kier alpha value is -2.75. The normalized spacial score (nSPS) is 16.0. The van der Waals surface area contributed by atoms with Crippen LogP contribution in [0.1, 0.15) is 77.6 Å². The Kier molecular flexibility index (Phi) is 9.64. The van der Waals surface area contributed by atoms with Gasteiger partial charge in [0.25, 0.3) is 11.8 Å². The first-order chi connectivity index (χ1) is 17.1. The zero-order valence-corrected chi connectivity index (χ0v) is 22.2. The maximum absolute atomic E-state index is 13.0. The molecule has 0 saturated carbocycles. The van der Waals surface area contributed by atoms with Crippen molar-refractivity contribution in [2.75, 3.05) is 40.5 Å². The minimum atomic E-state index is -1.11. The Morgan fingerprint density at radius 3 is 2.61 bits per heavy atom. The fraction of sp³-hybridized carbons (Fsp3) is 0.593. The molecule has 2 heterocycles. The molecule has 1 aliphatic heterocycles. The van der Waals surface area contributed by atoms with Crippen LogP contribution in [0.5, 0.6) is 0 Å². The second kappa shape index (κ2) is 12.5. The topological polar surface area (TPSA) is 106 Å². The summed E-state index contributed by atoms with van der Waals surface area (Å²) in [6.07, 6.45) is 1.86. The molecule has 2 N–H and O–H groups in total. The molecular formula is C27H40N4O5. The van der Waals surface area contributed by atoms with Gasteiger partial charge in [0.05, 0.1) is 23.6 Å². The van der Waals surface area contributed by atoms with Gasteiger partial charge in [-0.3, -0.25) is 14.3 Å². The standard InChI is InChI=1S/C27H40N4O5/c1-6-21-23-22(9-7-15-35-16-8-14-28-24(23)32)31(29-21)17-27(2,3)18-36-26(34)20-12-10-19(11-13-20)25(33)30(4)5/h10-13,26,34H,6-9,14-18H2,1-5H3,(H,28,32). The molecule has 0 saturated heterocycles. The number of aliphatic hydroxyl groups is 1. The number of aromatic nitrogens is 2. The largest absolute Gasteiger partial charge is 0.381 e. The van der Waals surface area contributed by atoms with Crippen molar-refractivity contribution in [2.24, 2.45) is 5.41 Å². The van der Waals surface area contributed by atoms with Crippen molar-refractivity contribution in [2.45, 2.75) is 59.3 Å². The van der Waals surface area contributed by atoms with Gasteiger partial charge in [-0.1, -0.05) is 32.9 Å². The van der Waals surface area contributed by atoms with Gasteiger partial charge in [0.15, 0.2) is 6.29 Å². The first-order valence-electron chi connectivity index (χ1n) is 12.7. The second-order valence-corrected chi connectivity index (χ2v) is 10.3. The van der Waals surface area contributed by atoms with Crippen molar-refractivity contribution in [3.8, 4) is 0 Å². The lowest BCUT2D eigenvalue weighted by Crippen LogP contribution is -2.29. The van der Waals surface area contributed by atoms with E-state index in [2.05, 4.69) is 5.32 Å². The van der Waals surface area contributed by atoms with E-state index in [4.69, 9.17) is 14.6 Å². The highest BCUT2D eigenvalue weighted by atomic mass is 16.6. The number of aliphatic hydroxyl groups excluding tert-OH is 1. The lowest BCUT2D eigenvalue weighted by atomic mass is 9.94. The number of benzene rings is 1. The smallest absolute Gasteiger partial charge is 0.255 e. The Bertz CT molecular complexity index is 1030. The summed E-state index contributed by atoms with van der Waals surface area (Å²) in [5.41, 5.74) is 3.17. The van der Waals surface area contributed by atoms with Crippen LogP contribution in [0.15, 0.2) is 24.3 Å². The van der Waals surface area contributed by atoms with Gasteiger partial charge in [0.1, 0.15) is 0 Å². The Morgan fingerprint density at radius 1 is 1.25 bits per heavy atom. The van der Waals surface area contributed by atoms with E-state index in [1.807, 2.05) is 25.5 Å². The number of carbonyl (C=O) groups is 2. The van der Waals surface area contributed by atoms with Crippen molar-refractivity contribution >= 4 is 11.8 Å². The third-order valence-electron chi connectivity index (χ3n) is 6.20. The average molecular weight is 501 g/mol. The van der Waals surface area contributed by atoms with Gasteiger partial charge in [0.2, 0.25) is 0 Å². The van der Waals surface area contributed by atoms with Crippen molar-refractivity contribution in [1.29, 1.82) is 0 Å². The number of amides is 2. The zero-order valence-electron chi connectivity index (χ0n) is 22.2. The summed E-state index contributed by atoms with van der Waals surface area (Å²) >= 11 is 0. The van der Waals surface area contributed by atoms with Crippen LogP contribution in [-0.4, -0.2) is 72.1 Å². The molecule has 1 unspecified atom stereocenters. The van der Waals surface area contributed by atoms with Crippen LogP contribution in [0.2, 0.25) is 0 Å². The fourth-order valence-corrected chi connectivity index (χ4v) is 4.25. The molecule has 3 rings (SSSR count). The van der Waals surface area contributed by atoms with Crippen LogP contribution in [-0.2, 0) is 28.9 Å². The molecule has 2 amide bonds. The number of rotatable bonds is 8. The Morgan fingerprint density at radius 2 is 1.94 bits per heavy atom. The highest BCUT2D eigenvalue weighted by Crippen LogP contribution is 2.26. The van der Waals surface area contributed by atoms with Gasteiger partial charge in [-0.2, -0.15) is 5.10 Å². The number of aryl methyl sites for hydroxylation is 1. The Balaban J connectivity index is 1.71. The molecule has 2 aromatic rings. The number of nitrogens with one attached hydrogen (secondary N) is 1. The average Bonchev–Trinajstić information content (AvgIpc) is 3.17. The van der Waals surface area contributed by atoms with Crippen LogP contribution in [0.4, 0.5) is 0 Å². The third kappa shape index (κ3) is 7.15. The van der Waals surface area contributed by atoms with E-state index in [1.165, 1.54) is 4.90 Å². The molecule has 0 aliphatic carbocycles. The minimum Gasteiger partial charge on any atom is -0.381 e. The molecule has 0 spiro atoms. The minimum absolute atomic E-state index is 0.0735. The summed E-state index contributed by atoms with van der Waals surface area (Å²) in [6.45, 7) is 8.79. The van der Waals surface area contributed by atoms with Crippen LogP contribution in [0.25, 0.3) is 0 Å². The van der Waals surface area contributed by atoms with E-state index >= 15 is 0 Å². The lowest BCUT2D eigenvalue weighted by Gasteiger charge is -2.27. The van der Waals surface area contributed by atoms with E-state index in [9.17, 15) is 14.7 Å². The third-order valence-corrected chi connectivity index (χ3v) is 6.20. The SMILES string of the molecule is CCc1nn(CC(C)(C)COC(O)c2ccc(C(=O)N(C)C)cc2)c2c1C(=O)NCCCOCCC2. The molecule has 1 aromatic carbocycles. The van der Waals surface area contributed by atoms with E-state index in [1.54, 1.807) is 38.4 Å². The molecule has 0 bridgehead atoms. The van der Waals surface area contributed by atoms with E-state index < -0.39 is 6.29 Å². The van der Waals surface area contributed by atoms with Gasteiger partial charge in [-0.05, 0) is 37.8 Å². The van der Waals surface area contributed by atoms with Gasteiger partial charge in [0, 0.05) is 56.9 Å². The summed E-state index contributed by atoms with van der Waals surface area (Å²) < 4.78 is 13.4. The van der Waals surface area contributed by atoms with Crippen LogP contribution in [0, 0.1) is 5.41 Å². The highest BCUT2D eigenvalue weighted by Gasteiger charge is 2.28. The monoisotopic (exact) mass is 500 g/mol. The van der Waals surface area contributed by atoms with Gasteiger partial charge in [-0.25, -0.2) is 0 Å². The quantitative estimate of drug-likeness (QED) is 0.540. The second-order valence-electron chi connectivity index (χ2n) is 10.3. The van der Waals surface area contributed by atoms with Crippen LogP contribution in [0.3, 0.4) is 0 Å². The number of ether oxygens (including phenoxy) is 2. The highest BCUT2D eigenvalue weighted by molar-refractivity contribution is 5.96. The molecule has 36 heavy (non-hydrogen) atoms. The summed E-state index contributed by atoms with van der Waals surface area (Å²) in [6, 6.07) is 6.77. The maximum atomic E-state index is 13.0.